The van der Waals surface area contributed by atoms with Crippen LogP contribution in [0, 0.1) is 0 Å². The molecule has 0 bridgehead atoms. The zero-order chi connectivity index (χ0) is 19.4. The highest BCUT2D eigenvalue weighted by atomic mass is 79.9. The molecule has 0 aliphatic carbocycles. The van der Waals surface area contributed by atoms with Crippen LogP contribution in [0.3, 0.4) is 0 Å². The Labute approximate surface area is 170 Å². The maximum absolute atomic E-state index is 11.4. The molecule has 0 spiro atoms. The highest BCUT2D eigenvalue weighted by molar-refractivity contribution is 9.09. The Hall–Kier alpha value is -1.10. The summed E-state index contributed by atoms with van der Waals surface area (Å²) in [7, 11) is 0. The van der Waals surface area contributed by atoms with Gasteiger partial charge in [-0.05, 0) is 18.6 Å². The van der Waals surface area contributed by atoms with Crippen LogP contribution >= 0.6 is 39.1 Å². The van der Waals surface area contributed by atoms with Crippen molar-refractivity contribution in [1.82, 2.24) is 4.72 Å². The van der Waals surface area contributed by atoms with Gasteiger partial charge in [0.1, 0.15) is 0 Å². The number of hydrogen-bond donors (Lipinski definition) is 3. The molecule has 1 heterocycles. The molecule has 142 valence electrons. The molecule has 1 aromatic heterocycles. The normalized spacial score (nSPS) is 13.4. The third-order valence-corrected chi connectivity index (χ3v) is 5.36. The summed E-state index contributed by atoms with van der Waals surface area (Å²) in [6.45, 7) is 1.34. The number of nitrogens with one attached hydrogen (secondary N) is 1. The SMILES string of the molecule is CC(=O)Oc1c(C(Br)CCNS(=O)O)oc(-c2cccc(Cl)c2Cl)c1O. The Kier molecular flexibility index (Phi) is 7.51. The van der Waals surface area contributed by atoms with Crippen molar-refractivity contribution in [2.24, 2.45) is 0 Å². The van der Waals surface area contributed by atoms with E-state index in [0.717, 1.165) is 0 Å². The molecular weight excluding hydrogens is 473 g/mol. The number of halogens is 3. The zero-order valence-corrected chi connectivity index (χ0v) is 17.2. The second-order valence-electron chi connectivity index (χ2n) is 5.07. The summed E-state index contributed by atoms with van der Waals surface area (Å²) in [6.07, 6.45) is 0.302. The largest absolute Gasteiger partial charge is 0.502 e. The Morgan fingerprint density at radius 1 is 1.46 bits per heavy atom. The first-order valence-electron chi connectivity index (χ1n) is 7.19. The predicted molar refractivity (Wildman–Crippen MR) is 102 cm³/mol. The molecule has 0 aliphatic heterocycles. The number of esters is 1. The molecule has 2 unspecified atom stereocenters. The van der Waals surface area contributed by atoms with E-state index in [0.29, 0.717) is 12.0 Å². The minimum absolute atomic E-state index is 0.00751. The molecule has 2 rings (SSSR count). The summed E-state index contributed by atoms with van der Waals surface area (Å²) in [4.78, 5) is 10.9. The number of ether oxygens (including phenoxy) is 1. The molecule has 0 saturated carbocycles. The molecule has 2 atom stereocenters. The number of carbonyl (C=O) groups is 1. The Balaban J connectivity index is 2.45. The third-order valence-electron chi connectivity index (χ3n) is 3.22. The second-order valence-corrected chi connectivity index (χ2v) is 7.75. The van der Waals surface area contributed by atoms with Crippen LogP contribution in [0.2, 0.25) is 10.0 Å². The van der Waals surface area contributed by atoms with E-state index in [1.807, 2.05) is 0 Å². The fraction of sp³-hybridized carbons (Fsp3) is 0.267. The van der Waals surface area contributed by atoms with Gasteiger partial charge in [-0.2, -0.15) is 0 Å². The average Bonchev–Trinajstić information content (AvgIpc) is 2.86. The summed E-state index contributed by atoms with van der Waals surface area (Å²) in [5, 5.41) is 10.9. The molecule has 1 aromatic carbocycles. The van der Waals surface area contributed by atoms with Crippen LogP contribution in [0.5, 0.6) is 11.5 Å². The standard InChI is InChI=1S/C15H14BrCl2NO6S/c1-7(20)24-15-12(21)13(8-3-2-4-10(17)11(8)18)25-14(15)9(16)5-6-19-26(22)23/h2-4,9,19,21H,5-6H2,1H3,(H,22,23). The number of alkyl halides is 1. The van der Waals surface area contributed by atoms with Crippen molar-refractivity contribution >= 4 is 56.4 Å². The van der Waals surface area contributed by atoms with Crippen molar-refractivity contribution in [2.75, 3.05) is 6.54 Å². The van der Waals surface area contributed by atoms with E-state index in [9.17, 15) is 14.1 Å². The van der Waals surface area contributed by atoms with Crippen molar-refractivity contribution in [2.45, 2.75) is 18.2 Å². The predicted octanol–water partition coefficient (Wildman–Crippen LogP) is 4.44. The van der Waals surface area contributed by atoms with E-state index in [1.54, 1.807) is 18.2 Å². The van der Waals surface area contributed by atoms with Gasteiger partial charge in [0.05, 0.1) is 14.9 Å². The van der Waals surface area contributed by atoms with Crippen molar-refractivity contribution < 1.29 is 27.8 Å². The topological polar surface area (TPSA) is 109 Å². The van der Waals surface area contributed by atoms with Gasteiger partial charge in [-0.15, -0.1) is 0 Å². The summed E-state index contributed by atoms with van der Waals surface area (Å²) in [5.41, 5.74) is 0.325. The van der Waals surface area contributed by atoms with E-state index in [4.69, 9.17) is 36.9 Å². The summed E-state index contributed by atoms with van der Waals surface area (Å²) in [6, 6.07) is 4.80. The lowest BCUT2D eigenvalue weighted by Gasteiger charge is -2.08. The van der Waals surface area contributed by atoms with Crippen LogP contribution in [0.1, 0.15) is 23.9 Å². The first-order chi connectivity index (χ1) is 12.2. The quantitative estimate of drug-likeness (QED) is 0.303. The molecule has 0 amide bonds. The molecular formula is C15H14BrCl2NO6S. The van der Waals surface area contributed by atoms with E-state index in [2.05, 4.69) is 20.7 Å². The minimum Gasteiger partial charge on any atom is -0.502 e. The van der Waals surface area contributed by atoms with Crippen LogP contribution in [0.15, 0.2) is 22.6 Å². The van der Waals surface area contributed by atoms with Gasteiger partial charge in [0.25, 0.3) is 0 Å². The van der Waals surface area contributed by atoms with Gasteiger partial charge in [-0.1, -0.05) is 45.2 Å². The average molecular weight is 487 g/mol. The number of benzene rings is 1. The minimum atomic E-state index is -2.16. The van der Waals surface area contributed by atoms with E-state index >= 15 is 0 Å². The molecule has 0 radical (unpaired) electrons. The van der Waals surface area contributed by atoms with E-state index in [-0.39, 0.29) is 33.9 Å². The van der Waals surface area contributed by atoms with Gasteiger partial charge >= 0.3 is 5.97 Å². The molecule has 26 heavy (non-hydrogen) atoms. The molecule has 3 N–H and O–H groups in total. The lowest BCUT2D eigenvalue weighted by Crippen LogP contribution is -2.18. The van der Waals surface area contributed by atoms with Crippen LogP contribution < -0.4 is 9.46 Å². The summed E-state index contributed by atoms with van der Waals surface area (Å²) < 4.78 is 32.5. The van der Waals surface area contributed by atoms with Gasteiger partial charge in [0, 0.05) is 19.0 Å². The smallest absolute Gasteiger partial charge is 0.308 e. The Morgan fingerprint density at radius 3 is 2.77 bits per heavy atom. The zero-order valence-electron chi connectivity index (χ0n) is 13.3. The molecule has 0 saturated heterocycles. The van der Waals surface area contributed by atoms with Crippen LogP contribution in [0.4, 0.5) is 0 Å². The molecule has 0 aliphatic rings. The maximum atomic E-state index is 11.4. The number of hydrogen-bond acceptors (Lipinski definition) is 5. The summed E-state index contributed by atoms with van der Waals surface area (Å²) in [5.74, 6) is -1.08. The van der Waals surface area contributed by atoms with Crippen molar-refractivity contribution in [3.8, 4) is 22.8 Å². The van der Waals surface area contributed by atoms with Gasteiger partial charge in [-0.25, -0.2) is 8.93 Å². The molecule has 7 nitrogen and oxygen atoms in total. The first kappa shape index (κ1) is 21.2. The molecule has 2 aromatic rings. The third kappa shape index (κ3) is 4.99. The second kappa shape index (κ2) is 9.20. The highest BCUT2D eigenvalue weighted by Crippen LogP contribution is 2.50. The Morgan fingerprint density at radius 2 is 2.15 bits per heavy atom. The van der Waals surface area contributed by atoms with E-state index < -0.39 is 27.8 Å². The van der Waals surface area contributed by atoms with Crippen LogP contribution in [0.25, 0.3) is 11.3 Å². The van der Waals surface area contributed by atoms with Crippen LogP contribution in [-0.4, -0.2) is 26.4 Å². The summed E-state index contributed by atoms with van der Waals surface area (Å²) >= 11 is 13.4. The van der Waals surface area contributed by atoms with Gasteiger partial charge in [0.15, 0.2) is 11.5 Å². The van der Waals surface area contributed by atoms with Gasteiger partial charge in [-0.3, -0.25) is 9.35 Å². The maximum Gasteiger partial charge on any atom is 0.308 e. The Bertz CT molecular complexity index is 844. The molecule has 11 heteroatoms. The fourth-order valence-corrected chi connectivity index (χ4v) is 3.35. The lowest BCUT2D eigenvalue weighted by atomic mass is 10.1. The van der Waals surface area contributed by atoms with Crippen molar-refractivity contribution in [3.63, 3.8) is 0 Å². The lowest BCUT2D eigenvalue weighted by molar-refractivity contribution is -0.132. The van der Waals surface area contributed by atoms with Crippen LogP contribution in [-0.2, 0) is 16.1 Å². The van der Waals surface area contributed by atoms with Gasteiger partial charge < -0.3 is 14.3 Å². The number of rotatable bonds is 7. The van der Waals surface area contributed by atoms with Gasteiger partial charge in [0.2, 0.25) is 22.8 Å². The first-order valence-corrected chi connectivity index (χ1v) is 9.97. The van der Waals surface area contributed by atoms with Crippen molar-refractivity contribution in [3.05, 3.63) is 34.0 Å². The number of carbonyl (C=O) groups excluding carboxylic acids is 1. The number of furan rings is 1. The monoisotopic (exact) mass is 485 g/mol. The van der Waals surface area contributed by atoms with E-state index in [1.165, 1.54) is 6.92 Å². The van der Waals surface area contributed by atoms with Crippen molar-refractivity contribution in [1.29, 1.82) is 0 Å². The number of aromatic hydroxyl groups is 1. The highest BCUT2D eigenvalue weighted by Gasteiger charge is 2.29. The molecule has 0 fully saturated rings. The fourth-order valence-electron chi connectivity index (χ4n) is 2.14.